The first kappa shape index (κ1) is 8.58. The van der Waals surface area contributed by atoms with Crippen LogP contribution in [0.3, 0.4) is 0 Å². The molecule has 4 nitrogen and oxygen atoms in total. The lowest BCUT2D eigenvalue weighted by atomic mass is 9.96. The maximum atomic E-state index is 12.0. The Morgan fingerprint density at radius 2 is 2.27 bits per heavy atom. The summed E-state index contributed by atoms with van der Waals surface area (Å²) in [6.45, 7) is -0.518. The lowest BCUT2D eigenvalue weighted by molar-refractivity contribution is -0.151. The van der Waals surface area contributed by atoms with E-state index in [1.807, 2.05) is 0 Å². The number of aliphatic hydroxyl groups is 3. The van der Waals surface area contributed by atoms with Crippen LogP contribution in [-0.4, -0.2) is 46.1 Å². The smallest absolute Gasteiger partial charge is 0.176 e. The Morgan fingerprint density at radius 1 is 1.82 bits per heavy atom. The Morgan fingerprint density at radius 3 is 2.36 bits per heavy atom. The number of carbonyl (C=O) groups is 1. The molecule has 3 atom stereocenters. The lowest BCUT2D eigenvalue weighted by Crippen LogP contribution is -2.51. The van der Waals surface area contributed by atoms with Gasteiger partial charge in [0.2, 0.25) is 0 Å². The molecule has 0 spiro atoms. The van der Waals surface area contributed by atoms with Gasteiger partial charge in [-0.1, -0.05) is 0 Å². The summed E-state index contributed by atoms with van der Waals surface area (Å²) in [6.07, 6.45) is -5.11. The summed E-state index contributed by atoms with van der Waals surface area (Å²) in [5.74, 6) is 0. The van der Waals surface area contributed by atoms with Crippen LogP contribution in [0.1, 0.15) is 8.29 Å². The number of halogens is 1. The van der Waals surface area contributed by atoms with Crippen LogP contribution in [0.2, 0.25) is 0 Å². The minimum Gasteiger partial charge on any atom is -0.391 e. The van der Waals surface area contributed by atoms with Crippen molar-refractivity contribution in [3.63, 3.8) is 0 Å². The normalized spacial score (nSPS) is 23.2. The number of alkyl halides is 1. The highest BCUT2D eigenvalue weighted by Crippen LogP contribution is 2.11. The van der Waals surface area contributed by atoms with Gasteiger partial charge in [-0.05, 0) is 6.92 Å². The van der Waals surface area contributed by atoms with E-state index in [9.17, 15) is 9.18 Å². The molecule has 0 fully saturated rings. The number of carbonyl (C=O) groups excluding carboxylic acids is 1. The first-order chi connectivity index (χ1) is 5.36. The van der Waals surface area contributed by atoms with Crippen LogP contribution in [0.5, 0.6) is 0 Å². The van der Waals surface area contributed by atoms with Gasteiger partial charge in [-0.2, -0.15) is 0 Å². The maximum absolute atomic E-state index is 12.0. The van der Waals surface area contributed by atoms with Gasteiger partial charge in [-0.15, -0.1) is 0 Å². The molecular weight excluding hydrogens is 155 g/mol. The number of aldehydes is 1. The number of hydrogen-bond acceptors (Lipinski definition) is 4. The fourth-order valence-electron chi connectivity index (χ4n) is 0.566. The molecule has 0 aliphatic heterocycles. The Hall–Kier alpha value is -0.520. The van der Waals surface area contributed by atoms with Crippen molar-refractivity contribution in [1.29, 1.82) is 0 Å². The molecule has 11 heavy (non-hydrogen) atoms. The predicted octanol–water partition coefficient (Wildman–Crippen LogP) is -1.37. The van der Waals surface area contributed by atoms with Gasteiger partial charge in [0.25, 0.3) is 0 Å². The van der Waals surface area contributed by atoms with Crippen molar-refractivity contribution in [1.82, 2.24) is 0 Å². The maximum Gasteiger partial charge on any atom is 0.176 e. The summed E-state index contributed by atoms with van der Waals surface area (Å²) >= 11 is 0. The standard InChI is InChI=1S/C6H11FO4/c1-4(9)5(10)6(11,2-7)3-8/h3-5,9-11H,2H2,1H3/t4-,5-,6+/m1/s1/i3D. The average molecular weight is 167 g/mol. The molecule has 0 bridgehead atoms. The molecule has 0 saturated carbocycles. The van der Waals surface area contributed by atoms with Crippen LogP contribution < -0.4 is 0 Å². The molecule has 5 heteroatoms. The Balaban J connectivity index is 4.63. The number of aliphatic hydroxyl groups excluding tert-OH is 2. The molecule has 0 aliphatic carbocycles. The topological polar surface area (TPSA) is 77.8 Å². The van der Waals surface area contributed by atoms with E-state index in [1.54, 1.807) is 0 Å². The van der Waals surface area contributed by atoms with Crippen molar-refractivity contribution in [3.8, 4) is 0 Å². The highest BCUT2D eigenvalue weighted by Gasteiger charge is 2.38. The number of hydrogen-bond donors (Lipinski definition) is 3. The molecule has 0 aromatic carbocycles. The third kappa shape index (κ3) is 2.21. The van der Waals surface area contributed by atoms with Gasteiger partial charge in [0.15, 0.2) is 11.9 Å². The average Bonchev–Trinajstić information content (AvgIpc) is 2.01. The summed E-state index contributed by atoms with van der Waals surface area (Å²) in [5, 5.41) is 26.7. The SMILES string of the molecule is [2H]C(=O)[C@@](O)(CF)[C@H](O)[C@@H](C)O. The predicted molar refractivity (Wildman–Crippen MR) is 34.7 cm³/mol. The molecule has 0 aromatic rings. The van der Waals surface area contributed by atoms with E-state index in [1.165, 1.54) is 0 Å². The monoisotopic (exact) mass is 167 g/mol. The van der Waals surface area contributed by atoms with Crippen molar-refractivity contribution in [2.75, 3.05) is 6.67 Å². The van der Waals surface area contributed by atoms with Gasteiger partial charge >= 0.3 is 0 Å². The van der Waals surface area contributed by atoms with Crippen molar-refractivity contribution in [2.45, 2.75) is 24.7 Å². The van der Waals surface area contributed by atoms with Gasteiger partial charge in [-0.25, -0.2) is 4.39 Å². The third-order valence-corrected chi connectivity index (χ3v) is 1.33. The van der Waals surface area contributed by atoms with Crippen LogP contribution in [0.25, 0.3) is 0 Å². The van der Waals surface area contributed by atoms with Crippen LogP contribution in [0.4, 0.5) is 4.39 Å². The zero-order chi connectivity index (χ0) is 9.94. The molecule has 0 radical (unpaired) electrons. The minimum atomic E-state index is -2.81. The first-order valence-corrected chi connectivity index (χ1v) is 3.01. The van der Waals surface area contributed by atoms with Gasteiger partial charge in [0, 0.05) is 0 Å². The second-order valence-electron chi connectivity index (χ2n) is 2.35. The largest absolute Gasteiger partial charge is 0.391 e. The molecule has 0 saturated heterocycles. The van der Waals surface area contributed by atoms with E-state index in [-0.39, 0.29) is 0 Å². The van der Waals surface area contributed by atoms with E-state index in [4.69, 9.17) is 16.7 Å². The summed E-state index contributed by atoms with van der Waals surface area (Å²) < 4.78 is 18.5. The molecule has 66 valence electrons. The molecule has 0 aromatic heterocycles. The van der Waals surface area contributed by atoms with Crippen LogP contribution in [-0.2, 0) is 4.79 Å². The Labute approximate surface area is 64.7 Å². The molecule has 0 amide bonds. The minimum absolute atomic E-state index is 1.08. The molecule has 3 N–H and O–H groups in total. The van der Waals surface area contributed by atoms with E-state index in [2.05, 4.69) is 0 Å². The van der Waals surface area contributed by atoms with Crippen molar-refractivity contribution in [2.24, 2.45) is 0 Å². The van der Waals surface area contributed by atoms with Crippen LogP contribution >= 0.6 is 0 Å². The summed E-state index contributed by atoms with van der Waals surface area (Å²) in [7, 11) is 0. The highest BCUT2D eigenvalue weighted by molar-refractivity contribution is 5.63. The van der Waals surface area contributed by atoms with Crippen molar-refractivity contribution in [3.05, 3.63) is 0 Å². The van der Waals surface area contributed by atoms with E-state index in [0.717, 1.165) is 6.92 Å². The number of rotatable bonds is 4. The van der Waals surface area contributed by atoms with Crippen molar-refractivity contribution >= 4 is 6.26 Å². The van der Waals surface area contributed by atoms with Gasteiger partial charge < -0.3 is 15.3 Å². The fourth-order valence-corrected chi connectivity index (χ4v) is 0.566. The fraction of sp³-hybridized carbons (Fsp3) is 0.833. The lowest BCUT2D eigenvalue weighted by Gasteiger charge is -2.26. The zero-order valence-corrected chi connectivity index (χ0v) is 5.99. The summed E-state index contributed by atoms with van der Waals surface area (Å²) in [4.78, 5) is 10.3. The summed E-state index contributed by atoms with van der Waals surface area (Å²) in [6, 6.07) is 0. The second kappa shape index (κ2) is 3.75. The Kier molecular flexibility index (Phi) is 2.92. The highest BCUT2D eigenvalue weighted by atomic mass is 19.1. The molecule has 0 rings (SSSR count). The van der Waals surface area contributed by atoms with E-state index in [0.29, 0.717) is 0 Å². The van der Waals surface area contributed by atoms with E-state index >= 15 is 0 Å². The van der Waals surface area contributed by atoms with Gasteiger partial charge in [0.05, 0.1) is 6.10 Å². The van der Waals surface area contributed by atoms with Crippen molar-refractivity contribution < 1.29 is 25.9 Å². The van der Waals surface area contributed by atoms with Gasteiger partial charge in [-0.3, -0.25) is 4.79 Å². The molecule has 0 heterocycles. The molecular formula is C6H11FO4. The van der Waals surface area contributed by atoms with Gasteiger partial charge in [0.1, 0.15) is 14.1 Å². The molecule has 0 unspecified atom stereocenters. The zero-order valence-electron chi connectivity index (χ0n) is 6.99. The van der Waals surface area contributed by atoms with E-state index < -0.39 is 30.7 Å². The second-order valence-corrected chi connectivity index (χ2v) is 2.35. The molecule has 0 aliphatic rings. The summed E-state index contributed by atoms with van der Waals surface area (Å²) in [5.41, 5.74) is -2.81. The van der Waals surface area contributed by atoms with Crippen LogP contribution in [0, 0.1) is 0 Å². The third-order valence-electron chi connectivity index (χ3n) is 1.33. The Bertz CT molecular complexity index is 175. The quantitative estimate of drug-likeness (QED) is 0.451. The van der Waals surface area contributed by atoms with Crippen LogP contribution in [0.15, 0.2) is 0 Å². The first-order valence-electron chi connectivity index (χ1n) is 3.51.